The predicted octanol–water partition coefficient (Wildman–Crippen LogP) is 6.55. The number of aryl methyl sites for hydroxylation is 1. The highest BCUT2D eigenvalue weighted by atomic mass is 35.5. The molecule has 4 nitrogen and oxygen atoms in total. The summed E-state index contributed by atoms with van der Waals surface area (Å²) in [6.07, 6.45) is 6.66. The van der Waals surface area contributed by atoms with Crippen molar-refractivity contribution in [3.63, 3.8) is 0 Å². The first-order valence-corrected chi connectivity index (χ1v) is 10.8. The van der Waals surface area contributed by atoms with Crippen LogP contribution < -0.4 is 4.90 Å². The summed E-state index contributed by atoms with van der Waals surface area (Å²) in [4.78, 5) is 23.6. The Labute approximate surface area is 188 Å². The first kappa shape index (κ1) is 20.5. The van der Waals surface area contributed by atoms with Gasteiger partial charge in [0.2, 0.25) is 0 Å². The number of pyridine rings is 1. The van der Waals surface area contributed by atoms with Crippen molar-refractivity contribution < 1.29 is 4.79 Å². The van der Waals surface area contributed by atoms with E-state index in [0.717, 1.165) is 26.9 Å². The van der Waals surface area contributed by atoms with Gasteiger partial charge in [0, 0.05) is 28.5 Å². The molecule has 0 spiro atoms. The standard InChI is InChI=1S/C23H17Cl2N3OS/c1-15-12-18(24)13-20-22(15)27-23(30-20)28(14-16-8-10-26-11-9-16)21(29)7-6-17-4-2-3-5-19(17)25/h2-13H,14H2,1H3/b7-6+. The van der Waals surface area contributed by atoms with Crippen LogP contribution in [0.4, 0.5) is 5.13 Å². The Balaban J connectivity index is 1.72. The fourth-order valence-electron chi connectivity index (χ4n) is 3.03. The van der Waals surface area contributed by atoms with E-state index in [4.69, 9.17) is 28.2 Å². The lowest BCUT2D eigenvalue weighted by atomic mass is 10.2. The van der Waals surface area contributed by atoms with Crippen molar-refractivity contribution >= 4 is 61.9 Å². The maximum atomic E-state index is 13.2. The summed E-state index contributed by atoms with van der Waals surface area (Å²) in [5, 5.41) is 1.86. The summed E-state index contributed by atoms with van der Waals surface area (Å²) in [6, 6.07) is 14.9. The Morgan fingerprint density at radius 1 is 1.13 bits per heavy atom. The van der Waals surface area contributed by atoms with Crippen LogP contribution in [0.3, 0.4) is 0 Å². The van der Waals surface area contributed by atoms with Gasteiger partial charge in [-0.05, 0) is 60.0 Å². The third kappa shape index (κ3) is 4.54. The van der Waals surface area contributed by atoms with Crippen molar-refractivity contribution in [2.24, 2.45) is 0 Å². The summed E-state index contributed by atoms with van der Waals surface area (Å²) in [7, 11) is 0. The smallest absolute Gasteiger partial charge is 0.253 e. The minimum atomic E-state index is -0.186. The molecule has 4 rings (SSSR count). The van der Waals surface area contributed by atoms with E-state index in [9.17, 15) is 4.79 Å². The SMILES string of the molecule is Cc1cc(Cl)cc2sc(N(Cc3ccncc3)C(=O)/C=C/c3ccccc3Cl)nc12. The molecule has 0 aliphatic carbocycles. The van der Waals surface area contributed by atoms with E-state index in [2.05, 4.69) is 4.98 Å². The van der Waals surface area contributed by atoms with E-state index >= 15 is 0 Å². The van der Waals surface area contributed by atoms with Gasteiger partial charge in [-0.2, -0.15) is 0 Å². The topological polar surface area (TPSA) is 46.1 Å². The summed E-state index contributed by atoms with van der Waals surface area (Å²) < 4.78 is 0.942. The second kappa shape index (κ2) is 8.96. The predicted molar refractivity (Wildman–Crippen MR) is 125 cm³/mol. The van der Waals surface area contributed by atoms with Crippen LogP contribution in [0.25, 0.3) is 16.3 Å². The van der Waals surface area contributed by atoms with Crippen LogP contribution in [0.15, 0.2) is 67.0 Å². The molecule has 1 amide bonds. The fourth-order valence-corrected chi connectivity index (χ4v) is 4.65. The van der Waals surface area contributed by atoms with Gasteiger partial charge in [-0.1, -0.05) is 52.7 Å². The summed E-state index contributed by atoms with van der Waals surface area (Å²) in [6.45, 7) is 2.34. The molecule has 30 heavy (non-hydrogen) atoms. The normalized spacial score (nSPS) is 11.3. The van der Waals surface area contributed by atoms with E-state index in [0.29, 0.717) is 21.7 Å². The van der Waals surface area contributed by atoms with Crippen molar-refractivity contribution in [2.45, 2.75) is 13.5 Å². The first-order valence-electron chi connectivity index (χ1n) is 9.21. The van der Waals surface area contributed by atoms with Crippen LogP contribution in [-0.2, 0) is 11.3 Å². The van der Waals surface area contributed by atoms with E-state index in [-0.39, 0.29) is 5.91 Å². The quantitative estimate of drug-likeness (QED) is 0.321. The molecule has 0 aliphatic heterocycles. The molecule has 2 heterocycles. The monoisotopic (exact) mass is 453 g/mol. The van der Waals surface area contributed by atoms with Gasteiger partial charge in [-0.3, -0.25) is 14.7 Å². The molecule has 2 aromatic heterocycles. The molecule has 0 aliphatic rings. The van der Waals surface area contributed by atoms with Crippen molar-refractivity contribution in [1.29, 1.82) is 0 Å². The number of thiazole rings is 1. The number of fused-ring (bicyclic) bond motifs is 1. The molecule has 4 aromatic rings. The van der Waals surface area contributed by atoms with Gasteiger partial charge < -0.3 is 0 Å². The van der Waals surface area contributed by atoms with Crippen LogP contribution in [0.2, 0.25) is 10.0 Å². The van der Waals surface area contributed by atoms with E-state index < -0.39 is 0 Å². The maximum Gasteiger partial charge on any atom is 0.253 e. The lowest BCUT2D eigenvalue weighted by Gasteiger charge is -2.18. The lowest BCUT2D eigenvalue weighted by molar-refractivity contribution is -0.114. The van der Waals surface area contributed by atoms with E-state index in [1.54, 1.807) is 29.4 Å². The molecule has 2 aromatic carbocycles. The molecule has 0 saturated carbocycles. The van der Waals surface area contributed by atoms with E-state index in [1.165, 1.54) is 17.4 Å². The average molecular weight is 454 g/mol. The molecule has 0 saturated heterocycles. The van der Waals surface area contributed by atoms with Gasteiger partial charge in [-0.15, -0.1) is 0 Å². The van der Waals surface area contributed by atoms with Crippen LogP contribution >= 0.6 is 34.5 Å². The average Bonchev–Trinajstić information content (AvgIpc) is 3.16. The Kier molecular flexibility index (Phi) is 6.13. The number of benzene rings is 2. The first-order chi connectivity index (χ1) is 14.5. The number of carbonyl (C=O) groups is 1. The largest absolute Gasteiger partial charge is 0.280 e. The Morgan fingerprint density at radius 2 is 1.90 bits per heavy atom. The third-order valence-corrected chi connectivity index (χ3v) is 6.12. The molecular weight excluding hydrogens is 437 g/mol. The number of amides is 1. The van der Waals surface area contributed by atoms with Gasteiger partial charge in [0.05, 0.1) is 16.8 Å². The van der Waals surface area contributed by atoms with Crippen molar-refractivity contribution in [3.05, 3.63) is 93.7 Å². The van der Waals surface area contributed by atoms with E-state index in [1.807, 2.05) is 49.4 Å². The summed E-state index contributed by atoms with van der Waals surface area (Å²) >= 11 is 13.9. The minimum Gasteiger partial charge on any atom is -0.280 e. The zero-order chi connectivity index (χ0) is 21.1. The number of anilines is 1. The van der Waals surface area contributed by atoms with Gasteiger partial charge in [-0.25, -0.2) is 4.98 Å². The second-order valence-corrected chi connectivity index (χ2v) is 8.55. The van der Waals surface area contributed by atoms with Gasteiger partial charge in [0.25, 0.3) is 5.91 Å². The van der Waals surface area contributed by atoms with Crippen LogP contribution in [-0.4, -0.2) is 15.9 Å². The van der Waals surface area contributed by atoms with Crippen molar-refractivity contribution in [2.75, 3.05) is 4.90 Å². The highest BCUT2D eigenvalue weighted by molar-refractivity contribution is 7.22. The highest BCUT2D eigenvalue weighted by Gasteiger charge is 2.19. The molecule has 0 unspecified atom stereocenters. The summed E-state index contributed by atoms with van der Waals surface area (Å²) in [5.74, 6) is -0.186. The number of hydrogen-bond acceptors (Lipinski definition) is 4. The second-order valence-electron chi connectivity index (χ2n) is 6.70. The van der Waals surface area contributed by atoms with Crippen molar-refractivity contribution in [3.8, 4) is 0 Å². The molecule has 0 bridgehead atoms. The third-order valence-electron chi connectivity index (χ3n) is 4.54. The number of nitrogens with zero attached hydrogens (tertiary/aromatic N) is 3. The zero-order valence-electron chi connectivity index (χ0n) is 16.0. The van der Waals surface area contributed by atoms with Gasteiger partial charge in [0.1, 0.15) is 0 Å². The van der Waals surface area contributed by atoms with Gasteiger partial charge in [0.15, 0.2) is 5.13 Å². The highest BCUT2D eigenvalue weighted by Crippen LogP contribution is 2.34. The molecule has 0 radical (unpaired) electrons. The Bertz CT molecular complexity index is 1240. The molecule has 7 heteroatoms. The number of halogens is 2. The van der Waals surface area contributed by atoms with Crippen LogP contribution in [0, 0.1) is 6.92 Å². The zero-order valence-corrected chi connectivity index (χ0v) is 18.4. The molecule has 150 valence electrons. The Morgan fingerprint density at radius 3 is 2.67 bits per heavy atom. The lowest BCUT2D eigenvalue weighted by Crippen LogP contribution is -2.28. The molecule has 0 fully saturated rings. The van der Waals surface area contributed by atoms with Gasteiger partial charge >= 0.3 is 0 Å². The van der Waals surface area contributed by atoms with Crippen LogP contribution in [0.1, 0.15) is 16.7 Å². The summed E-state index contributed by atoms with van der Waals surface area (Å²) in [5.41, 5.74) is 3.56. The Hall–Kier alpha value is -2.73. The van der Waals surface area contributed by atoms with Crippen LogP contribution in [0.5, 0.6) is 0 Å². The minimum absolute atomic E-state index is 0.186. The molecule has 0 atom stereocenters. The fraction of sp³-hybridized carbons (Fsp3) is 0.0870. The number of carbonyl (C=O) groups excluding carboxylic acids is 1. The molecular formula is C23H17Cl2N3OS. The number of aromatic nitrogens is 2. The van der Waals surface area contributed by atoms with Crippen molar-refractivity contribution in [1.82, 2.24) is 9.97 Å². The number of hydrogen-bond donors (Lipinski definition) is 0. The maximum absolute atomic E-state index is 13.2. The molecule has 0 N–H and O–H groups in total. The number of rotatable bonds is 5.